The van der Waals surface area contributed by atoms with Gasteiger partial charge in [0.05, 0.1) is 36.7 Å². The van der Waals surface area contributed by atoms with Gasteiger partial charge in [0.15, 0.2) is 6.23 Å². The Morgan fingerprint density at radius 3 is 2.58 bits per heavy atom. The molecular formula is C27H31N7O2. The Kier molecular flexibility index (Phi) is 5.47. The van der Waals surface area contributed by atoms with Crippen molar-refractivity contribution < 1.29 is 9.47 Å². The number of ether oxygens (including phenoxy) is 2. The average Bonchev–Trinajstić information content (AvgIpc) is 3.44. The second-order valence-electron chi connectivity index (χ2n) is 10.1. The molecule has 36 heavy (non-hydrogen) atoms. The lowest BCUT2D eigenvalue weighted by Gasteiger charge is -2.34. The standard InChI is InChI=1S/C27H31N7O2/c1-18-17-35-15-13-32(18)24-16-21(22-8-11-29-33(22)19-5-6-19)20-7-10-28-27(26(20)31-24)23-9-12-30-34(23)25-4-2-3-14-36-25/h7-12,16,18-19,25H,2-6,13-15,17H2,1H3. The van der Waals surface area contributed by atoms with Crippen LogP contribution in [0.3, 0.4) is 0 Å². The van der Waals surface area contributed by atoms with E-state index in [2.05, 4.69) is 44.9 Å². The van der Waals surface area contributed by atoms with Gasteiger partial charge < -0.3 is 14.4 Å². The molecule has 186 valence electrons. The molecule has 2 atom stereocenters. The van der Waals surface area contributed by atoms with Crippen molar-refractivity contribution in [1.82, 2.24) is 29.5 Å². The molecule has 1 saturated carbocycles. The van der Waals surface area contributed by atoms with Crippen molar-refractivity contribution in [2.45, 2.75) is 57.3 Å². The summed E-state index contributed by atoms with van der Waals surface area (Å²) in [6.07, 6.45) is 11.1. The van der Waals surface area contributed by atoms with E-state index in [1.165, 1.54) is 12.8 Å². The number of nitrogens with zero attached hydrogens (tertiary/aromatic N) is 7. The van der Waals surface area contributed by atoms with Crippen LogP contribution in [0.1, 0.15) is 51.3 Å². The fourth-order valence-electron chi connectivity index (χ4n) is 5.54. The highest BCUT2D eigenvalue weighted by Crippen LogP contribution is 2.41. The normalized spacial score (nSPS) is 22.9. The van der Waals surface area contributed by atoms with E-state index in [9.17, 15) is 0 Å². The molecular weight excluding hydrogens is 454 g/mol. The van der Waals surface area contributed by atoms with Crippen LogP contribution < -0.4 is 4.90 Å². The number of pyridine rings is 2. The lowest BCUT2D eigenvalue weighted by molar-refractivity contribution is -0.0383. The van der Waals surface area contributed by atoms with E-state index in [4.69, 9.17) is 19.4 Å². The Bertz CT molecular complexity index is 1390. The molecule has 2 saturated heterocycles. The number of hydrogen-bond acceptors (Lipinski definition) is 7. The summed E-state index contributed by atoms with van der Waals surface area (Å²) in [6.45, 7) is 5.16. The van der Waals surface area contributed by atoms with Crippen LogP contribution in [0.15, 0.2) is 42.9 Å². The third-order valence-electron chi connectivity index (χ3n) is 7.56. The molecule has 0 amide bonds. The molecule has 0 radical (unpaired) electrons. The third-order valence-corrected chi connectivity index (χ3v) is 7.56. The average molecular weight is 486 g/mol. The Morgan fingerprint density at radius 2 is 1.78 bits per heavy atom. The van der Waals surface area contributed by atoms with E-state index in [0.29, 0.717) is 19.3 Å². The van der Waals surface area contributed by atoms with Crippen molar-refractivity contribution in [2.24, 2.45) is 0 Å². The molecule has 9 nitrogen and oxygen atoms in total. The maximum absolute atomic E-state index is 6.08. The van der Waals surface area contributed by atoms with Crippen LogP contribution in [0, 0.1) is 0 Å². The minimum absolute atomic E-state index is 0.0703. The van der Waals surface area contributed by atoms with E-state index in [-0.39, 0.29) is 12.3 Å². The Labute approximate surface area is 210 Å². The number of rotatable bonds is 5. The van der Waals surface area contributed by atoms with Gasteiger partial charge in [0.25, 0.3) is 0 Å². The number of anilines is 1. The molecule has 4 aromatic rings. The molecule has 6 heterocycles. The highest BCUT2D eigenvalue weighted by Gasteiger charge is 2.29. The monoisotopic (exact) mass is 485 g/mol. The van der Waals surface area contributed by atoms with E-state index in [1.54, 1.807) is 0 Å². The van der Waals surface area contributed by atoms with Gasteiger partial charge in [-0.05, 0) is 63.3 Å². The topological polar surface area (TPSA) is 83.1 Å². The summed E-state index contributed by atoms with van der Waals surface area (Å²) in [5.41, 5.74) is 4.93. The molecule has 9 heteroatoms. The van der Waals surface area contributed by atoms with E-state index < -0.39 is 0 Å². The number of aromatic nitrogens is 6. The Balaban J connectivity index is 1.44. The largest absolute Gasteiger partial charge is 0.377 e. The summed E-state index contributed by atoms with van der Waals surface area (Å²) in [6, 6.07) is 9.18. The molecule has 0 aromatic carbocycles. The SMILES string of the molecule is CC1COCCN1c1cc(-c2ccnn2C2CC2)c2ccnc(-c3ccnn3C3CCCCO3)c2n1. The molecule has 0 bridgehead atoms. The molecule has 0 N–H and O–H groups in total. The predicted octanol–water partition coefficient (Wildman–Crippen LogP) is 4.62. The summed E-state index contributed by atoms with van der Waals surface area (Å²) in [7, 11) is 0. The van der Waals surface area contributed by atoms with Crippen LogP contribution in [0.5, 0.6) is 0 Å². The van der Waals surface area contributed by atoms with Gasteiger partial charge in [0.1, 0.15) is 17.0 Å². The molecule has 1 aliphatic carbocycles. The summed E-state index contributed by atoms with van der Waals surface area (Å²) >= 11 is 0. The number of morpholine rings is 1. The maximum atomic E-state index is 6.08. The molecule has 4 aromatic heterocycles. The zero-order valence-electron chi connectivity index (χ0n) is 20.6. The zero-order chi connectivity index (χ0) is 24.1. The van der Waals surface area contributed by atoms with Crippen molar-refractivity contribution >= 4 is 16.7 Å². The fourth-order valence-corrected chi connectivity index (χ4v) is 5.54. The van der Waals surface area contributed by atoms with Crippen LogP contribution in [-0.4, -0.2) is 61.9 Å². The molecule has 3 fully saturated rings. The molecule has 2 aliphatic heterocycles. The zero-order valence-corrected chi connectivity index (χ0v) is 20.6. The van der Waals surface area contributed by atoms with Crippen molar-refractivity contribution in [3.05, 3.63) is 42.9 Å². The second-order valence-corrected chi connectivity index (χ2v) is 10.1. The van der Waals surface area contributed by atoms with Crippen molar-refractivity contribution in [3.8, 4) is 22.6 Å². The first-order valence-electron chi connectivity index (χ1n) is 13.1. The quantitative estimate of drug-likeness (QED) is 0.408. The first-order valence-corrected chi connectivity index (χ1v) is 13.1. The summed E-state index contributed by atoms with van der Waals surface area (Å²) in [5, 5.41) is 10.4. The Morgan fingerprint density at radius 1 is 0.917 bits per heavy atom. The van der Waals surface area contributed by atoms with Crippen LogP contribution in [0.2, 0.25) is 0 Å². The Hall–Kier alpha value is -3.30. The number of fused-ring (bicyclic) bond motifs is 1. The van der Waals surface area contributed by atoms with Gasteiger partial charge in [-0.25, -0.2) is 9.67 Å². The van der Waals surface area contributed by atoms with E-state index in [1.807, 2.05) is 29.3 Å². The molecule has 7 rings (SSSR count). The summed E-state index contributed by atoms with van der Waals surface area (Å²) in [5.74, 6) is 0.950. The van der Waals surface area contributed by atoms with Gasteiger partial charge in [-0.2, -0.15) is 10.2 Å². The molecule has 3 aliphatic rings. The second kappa shape index (κ2) is 8.97. The maximum Gasteiger partial charge on any atom is 0.150 e. The highest BCUT2D eigenvalue weighted by atomic mass is 16.5. The highest BCUT2D eigenvalue weighted by molar-refractivity contribution is 6.01. The van der Waals surface area contributed by atoms with Crippen LogP contribution in [0.25, 0.3) is 33.5 Å². The van der Waals surface area contributed by atoms with Gasteiger partial charge in [-0.15, -0.1) is 0 Å². The van der Waals surface area contributed by atoms with Gasteiger partial charge in [-0.1, -0.05) is 0 Å². The van der Waals surface area contributed by atoms with Crippen molar-refractivity contribution in [3.63, 3.8) is 0 Å². The van der Waals surface area contributed by atoms with Gasteiger partial charge >= 0.3 is 0 Å². The summed E-state index contributed by atoms with van der Waals surface area (Å²) in [4.78, 5) is 12.5. The van der Waals surface area contributed by atoms with E-state index >= 15 is 0 Å². The van der Waals surface area contributed by atoms with Crippen LogP contribution in [0.4, 0.5) is 5.82 Å². The summed E-state index contributed by atoms with van der Waals surface area (Å²) < 4.78 is 16.0. The third kappa shape index (κ3) is 3.77. The number of hydrogen-bond donors (Lipinski definition) is 0. The van der Waals surface area contributed by atoms with Gasteiger partial charge in [-0.3, -0.25) is 9.67 Å². The minimum Gasteiger partial charge on any atom is -0.377 e. The lowest BCUT2D eigenvalue weighted by Crippen LogP contribution is -2.44. The first kappa shape index (κ1) is 21.9. The fraction of sp³-hybridized carbons (Fsp3) is 0.481. The van der Waals surface area contributed by atoms with E-state index in [0.717, 1.165) is 71.8 Å². The molecule has 2 unspecified atom stereocenters. The molecule has 0 spiro atoms. The first-order chi connectivity index (χ1) is 17.8. The lowest BCUT2D eigenvalue weighted by atomic mass is 10.0. The van der Waals surface area contributed by atoms with Gasteiger partial charge in [0.2, 0.25) is 0 Å². The van der Waals surface area contributed by atoms with Crippen molar-refractivity contribution in [1.29, 1.82) is 0 Å². The minimum atomic E-state index is -0.0703. The van der Waals surface area contributed by atoms with Gasteiger partial charge in [0, 0.05) is 42.7 Å². The predicted molar refractivity (Wildman–Crippen MR) is 137 cm³/mol. The van der Waals surface area contributed by atoms with Crippen LogP contribution >= 0.6 is 0 Å². The smallest absolute Gasteiger partial charge is 0.150 e. The van der Waals surface area contributed by atoms with Crippen molar-refractivity contribution in [2.75, 3.05) is 31.3 Å². The van der Waals surface area contributed by atoms with Crippen LogP contribution in [-0.2, 0) is 9.47 Å².